The molecule has 176 valence electrons. The van der Waals surface area contributed by atoms with E-state index >= 15 is 0 Å². The van der Waals surface area contributed by atoms with Crippen molar-refractivity contribution in [2.75, 3.05) is 12.4 Å². The second kappa shape index (κ2) is 10.4. The number of hydrogen-bond acceptors (Lipinski definition) is 6. The summed E-state index contributed by atoms with van der Waals surface area (Å²) in [6, 6.07) is 22.6. The number of ether oxygens (including phenoxy) is 1. The molecule has 4 aromatic rings. The van der Waals surface area contributed by atoms with E-state index in [1.807, 2.05) is 67.8 Å². The number of aryl methyl sites for hydroxylation is 3. The minimum atomic E-state index is -3.57. The molecule has 0 aliphatic heterocycles. The van der Waals surface area contributed by atoms with Gasteiger partial charge >= 0.3 is 0 Å². The van der Waals surface area contributed by atoms with Gasteiger partial charge in [-0.2, -0.15) is 0 Å². The van der Waals surface area contributed by atoms with E-state index in [-0.39, 0.29) is 10.6 Å². The number of para-hydroxylation sites is 1. The van der Waals surface area contributed by atoms with Crippen LogP contribution in [0.15, 0.2) is 82.8 Å². The molecule has 0 aliphatic rings. The van der Waals surface area contributed by atoms with Crippen molar-refractivity contribution < 1.29 is 13.2 Å². The maximum absolute atomic E-state index is 13.1. The average Bonchev–Trinajstić information content (AvgIpc) is 3.18. The molecule has 0 radical (unpaired) electrons. The zero-order valence-electron chi connectivity index (χ0n) is 19.4. The highest BCUT2D eigenvalue weighted by atomic mass is 32.2. The third-order valence-electron chi connectivity index (χ3n) is 5.19. The Bertz CT molecular complexity index is 1350. The van der Waals surface area contributed by atoms with Crippen LogP contribution in [0.5, 0.6) is 5.75 Å². The van der Waals surface area contributed by atoms with E-state index in [1.165, 1.54) is 11.8 Å². The van der Waals surface area contributed by atoms with E-state index in [0.717, 1.165) is 28.1 Å². The van der Waals surface area contributed by atoms with Crippen LogP contribution in [0.1, 0.15) is 22.5 Å². The summed E-state index contributed by atoms with van der Waals surface area (Å²) in [5.41, 5.74) is 4.14. The molecule has 0 spiro atoms. The van der Waals surface area contributed by atoms with Crippen LogP contribution in [0.2, 0.25) is 0 Å². The monoisotopic (exact) mass is 493 g/mol. The van der Waals surface area contributed by atoms with Gasteiger partial charge in [0.25, 0.3) is 0 Å². The Morgan fingerprint density at radius 2 is 1.53 bits per heavy atom. The summed E-state index contributed by atoms with van der Waals surface area (Å²) >= 11 is 1.48. The number of thioether (sulfide) groups is 1. The molecule has 8 heteroatoms. The lowest BCUT2D eigenvalue weighted by molar-refractivity contribution is 0.343. The Balaban J connectivity index is 1.53. The smallest absolute Gasteiger partial charge is 0.195 e. The number of sulfone groups is 1. The van der Waals surface area contributed by atoms with Crippen LogP contribution in [-0.2, 0) is 15.6 Å². The normalized spacial score (nSPS) is 11.5. The molecule has 0 N–H and O–H groups in total. The first kappa shape index (κ1) is 24.0. The van der Waals surface area contributed by atoms with Gasteiger partial charge in [0.15, 0.2) is 20.8 Å². The Hall–Kier alpha value is -3.10. The van der Waals surface area contributed by atoms with E-state index in [1.54, 1.807) is 24.3 Å². The molecule has 3 aromatic carbocycles. The number of hydrogen-bond donors (Lipinski definition) is 0. The second-order valence-corrected chi connectivity index (χ2v) is 11.2. The fraction of sp³-hybridized carbons (Fsp3) is 0.231. The van der Waals surface area contributed by atoms with Gasteiger partial charge in [-0.3, -0.25) is 4.57 Å². The zero-order chi connectivity index (χ0) is 24.1. The molecule has 4 rings (SSSR count). The Kier molecular flexibility index (Phi) is 7.38. The van der Waals surface area contributed by atoms with Gasteiger partial charge in [-0.15, -0.1) is 10.2 Å². The van der Waals surface area contributed by atoms with Crippen LogP contribution in [-0.4, -0.2) is 35.5 Å². The topological polar surface area (TPSA) is 74.1 Å². The molecule has 0 amide bonds. The van der Waals surface area contributed by atoms with Gasteiger partial charge in [0.1, 0.15) is 11.5 Å². The number of rotatable bonds is 9. The van der Waals surface area contributed by atoms with E-state index in [9.17, 15) is 8.42 Å². The summed E-state index contributed by atoms with van der Waals surface area (Å²) < 4.78 is 33.9. The molecule has 0 fully saturated rings. The number of aromatic nitrogens is 3. The maximum Gasteiger partial charge on any atom is 0.195 e. The first-order chi connectivity index (χ1) is 16.3. The van der Waals surface area contributed by atoms with Crippen molar-refractivity contribution in [3.8, 4) is 11.4 Å². The molecule has 0 saturated heterocycles. The lowest BCUT2D eigenvalue weighted by atomic mass is 10.1. The first-order valence-corrected chi connectivity index (χ1v) is 13.6. The van der Waals surface area contributed by atoms with Crippen LogP contribution in [0.4, 0.5) is 0 Å². The highest BCUT2D eigenvalue weighted by Gasteiger charge is 2.22. The molecule has 0 aliphatic carbocycles. The summed E-state index contributed by atoms with van der Waals surface area (Å²) in [5, 5.41) is 9.20. The first-order valence-electron chi connectivity index (χ1n) is 10.9. The minimum Gasteiger partial charge on any atom is -0.493 e. The SMILES string of the molecule is Cc1ccc(S(=O)(=O)Cc2nnc(SCCOc3cc(C)cc(C)c3)n2-c2ccccc2)cc1. The van der Waals surface area contributed by atoms with E-state index in [2.05, 4.69) is 16.3 Å². The van der Waals surface area contributed by atoms with Crippen molar-refractivity contribution in [3.63, 3.8) is 0 Å². The second-order valence-electron chi connectivity index (χ2n) is 8.16. The molecular weight excluding hydrogens is 466 g/mol. The van der Waals surface area contributed by atoms with Crippen LogP contribution < -0.4 is 4.74 Å². The van der Waals surface area contributed by atoms with Crippen molar-refractivity contribution >= 4 is 21.6 Å². The maximum atomic E-state index is 13.1. The van der Waals surface area contributed by atoms with Crippen molar-refractivity contribution in [1.82, 2.24) is 14.8 Å². The summed E-state index contributed by atoms with van der Waals surface area (Å²) in [6.45, 7) is 6.51. The fourth-order valence-corrected chi connectivity index (χ4v) is 5.66. The highest BCUT2D eigenvalue weighted by Crippen LogP contribution is 2.25. The Labute approximate surface area is 204 Å². The lowest BCUT2D eigenvalue weighted by Crippen LogP contribution is -2.11. The molecule has 0 saturated carbocycles. The predicted octanol–water partition coefficient (Wildman–Crippen LogP) is 5.34. The van der Waals surface area contributed by atoms with Gasteiger partial charge in [-0.1, -0.05) is 53.7 Å². The third-order valence-corrected chi connectivity index (χ3v) is 7.71. The molecule has 34 heavy (non-hydrogen) atoms. The quantitative estimate of drug-likeness (QED) is 0.232. The zero-order valence-corrected chi connectivity index (χ0v) is 21.1. The third kappa shape index (κ3) is 5.87. The summed E-state index contributed by atoms with van der Waals surface area (Å²) in [4.78, 5) is 0.275. The standard InChI is InChI=1S/C26H27N3O3S2/c1-19-9-11-24(12-10-19)34(30,31)18-25-27-28-26(29(25)22-7-5-4-6-8-22)33-14-13-32-23-16-20(2)15-21(3)17-23/h4-12,15-17H,13-14,18H2,1-3H3. The summed E-state index contributed by atoms with van der Waals surface area (Å²) in [7, 11) is -3.57. The van der Waals surface area contributed by atoms with E-state index in [4.69, 9.17) is 4.74 Å². The van der Waals surface area contributed by atoms with Crippen LogP contribution >= 0.6 is 11.8 Å². The summed E-state index contributed by atoms with van der Waals surface area (Å²) in [5.74, 6) is 1.62. The highest BCUT2D eigenvalue weighted by molar-refractivity contribution is 7.99. The molecule has 1 aromatic heterocycles. The number of benzene rings is 3. The van der Waals surface area contributed by atoms with Crippen LogP contribution in [0.25, 0.3) is 5.69 Å². The Morgan fingerprint density at radius 3 is 2.21 bits per heavy atom. The molecule has 0 atom stereocenters. The van der Waals surface area contributed by atoms with E-state index < -0.39 is 9.84 Å². The van der Waals surface area contributed by atoms with Crippen molar-refractivity contribution in [1.29, 1.82) is 0 Å². The van der Waals surface area contributed by atoms with Gasteiger partial charge in [0.05, 0.1) is 11.5 Å². The molecule has 1 heterocycles. The van der Waals surface area contributed by atoms with Gasteiger partial charge in [-0.25, -0.2) is 8.42 Å². The molecule has 6 nitrogen and oxygen atoms in total. The van der Waals surface area contributed by atoms with Gasteiger partial charge in [-0.05, 0) is 68.3 Å². The van der Waals surface area contributed by atoms with Crippen molar-refractivity contribution in [3.05, 3.63) is 95.3 Å². The van der Waals surface area contributed by atoms with E-state index in [0.29, 0.717) is 23.3 Å². The van der Waals surface area contributed by atoms with Gasteiger partial charge in [0.2, 0.25) is 0 Å². The lowest BCUT2D eigenvalue weighted by Gasteiger charge is -2.11. The van der Waals surface area contributed by atoms with Gasteiger partial charge in [0, 0.05) is 11.4 Å². The van der Waals surface area contributed by atoms with Crippen molar-refractivity contribution in [2.45, 2.75) is 36.6 Å². The summed E-state index contributed by atoms with van der Waals surface area (Å²) in [6.07, 6.45) is 0. The number of nitrogens with zero attached hydrogens (tertiary/aromatic N) is 3. The van der Waals surface area contributed by atoms with Crippen LogP contribution in [0.3, 0.4) is 0 Å². The molecular formula is C26H27N3O3S2. The Morgan fingerprint density at radius 1 is 0.853 bits per heavy atom. The molecule has 0 bridgehead atoms. The average molecular weight is 494 g/mol. The molecule has 0 unspecified atom stereocenters. The van der Waals surface area contributed by atoms with Gasteiger partial charge < -0.3 is 4.74 Å². The fourth-order valence-electron chi connectivity index (χ4n) is 3.63. The largest absolute Gasteiger partial charge is 0.493 e. The van der Waals surface area contributed by atoms with Crippen molar-refractivity contribution in [2.24, 2.45) is 0 Å². The predicted molar refractivity (Wildman–Crippen MR) is 136 cm³/mol. The minimum absolute atomic E-state index is 0.239. The van der Waals surface area contributed by atoms with Crippen LogP contribution in [0, 0.1) is 20.8 Å².